The molecule has 2 amide bonds. The van der Waals surface area contributed by atoms with E-state index in [1.807, 2.05) is 31.2 Å². The van der Waals surface area contributed by atoms with Crippen LogP contribution in [-0.4, -0.2) is 21.8 Å². The van der Waals surface area contributed by atoms with Crippen molar-refractivity contribution >= 4 is 35.1 Å². The van der Waals surface area contributed by atoms with Crippen LogP contribution < -0.4 is 16.2 Å². The molecule has 1 aliphatic heterocycles. The van der Waals surface area contributed by atoms with Gasteiger partial charge in [-0.2, -0.15) is 0 Å². The van der Waals surface area contributed by atoms with Crippen LogP contribution in [0.4, 0.5) is 15.9 Å². The second-order valence-electron chi connectivity index (χ2n) is 7.21. The first-order valence-corrected chi connectivity index (χ1v) is 10.6. The summed E-state index contributed by atoms with van der Waals surface area (Å²) in [7, 11) is 0. The van der Waals surface area contributed by atoms with E-state index in [0.717, 1.165) is 11.1 Å². The Hall–Kier alpha value is -3.46. The summed E-state index contributed by atoms with van der Waals surface area (Å²) in [6.07, 6.45) is -0.180. The standard InChI is InChI=1S/C22H19FN4O3S/c1-12-2-4-13(5-3-12)11-31-22-26-19-18(21(30)27-22)16(10-17(28)25-19)20(29)24-15-8-6-14(23)7-9-15/h2-9,16H,10-11H2,1H3,(H,24,29)(H2,25,26,27,28,30). The number of halogens is 1. The summed E-state index contributed by atoms with van der Waals surface area (Å²) in [5, 5.41) is 5.56. The summed E-state index contributed by atoms with van der Waals surface area (Å²) in [5.41, 5.74) is 2.22. The highest BCUT2D eigenvalue weighted by Gasteiger charge is 2.34. The lowest BCUT2D eigenvalue weighted by Gasteiger charge is -2.23. The molecular weight excluding hydrogens is 419 g/mol. The fourth-order valence-corrected chi connectivity index (χ4v) is 4.06. The number of rotatable bonds is 5. The number of nitrogens with one attached hydrogen (secondary N) is 3. The molecule has 9 heteroatoms. The second-order valence-corrected chi connectivity index (χ2v) is 8.17. The minimum Gasteiger partial charge on any atom is -0.326 e. The second kappa shape index (κ2) is 8.73. The quantitative estimate of drug-likeness (QED) is 0.417. The first-order valence-electron chi connectivity index (χ1n) is 9.58. The van der Waals surface area contributed by atoms with Crippen LogP contribution >= 0.6 is 11.8 Å². The van der Waals surface area contributed by atoms with Crippen molar-refractivity contribution in [3.63, 3.8) is 0 Å². The molecule has 7 nitrogen and oxygen atoms in total. The van der Waals surface area contributed by atoms with E-state index in [1.54, 1.807) is 0 Å². The van der Waals surface area contributed by atoms with E-state index in [2.05, 4.69) is 20.6 Å². The minimum absolute atomic E-state index is 0.0886. The molecule has 0 saturated heterocycles. The lowest BCUT2D eigenvalue weighted by molar-refractivity contribution is -0.123. The van der Waals surface area contributed by atoms with Gasteiger partial charge < -0.3 is 15.6 Å². The fraction of sp³-hybridized carbons (Fsp3) is 0.182. The highest BCUT2D eigenvalue weighted by molar-refractivity contribution is 7.98. The molecule has 1 aromatic heterocycles. The number of benzene rings is 2. The van der Waals surface area contributed by atoms with Crippen molar-refractivity contribution in [3.8, 4) is 0 Å². The Morgan fingerprint density at radius 3 is 2.58 bits per heavy atom. The van der Waals surface area contributed by atoms with E-state index in [0.29, 0.717) is 16.6 Å². The predicted octanol–water partition coefficient (Wildman–Crippen LogP) is 3.57. The number of H-pyrrole nitrogens is 1. The van der Waals surface area contributed by atoms with Crippen LogP contribution in [0.15, 0.2) is 58.5 Å². The molecule has 0 aliphatic carbocycles. The third-order valence-corrected chi connectivity index (χ3v) is 5.80. The molecule has 0 bridgehead atoms. The highest BCUT2D eigenvalue weighted by Crippen LogP contribution is 2.31. The number of aromatic amines is 1. The Balaban J connectivity index is 1.56. The molecule has 0 spiro atoms. The number of hydrogen-bond acceptors (Lipinski definition) is 5. The van der Waals surface area contributed by atoms with E-state index in [4.69, 9.17) is 0 Å². The molecule has 0 saturated carbocycles. The third-order valence-electron chi connectivity index (χ3n) is 4.85. The predicted molar refractivity (Wildman–Crippen MR) is 117 cm³/mol. The van der Waals surface area contributed by atoms with Gasteiger partial charge in [-0.25, -0.2) is 9.37 Å². The maximum absolute atomic E-state index is 13.1. The Labute approximate surface area is 181 Å². The minimum atomic E-state index is -0.999. The first-order chi connectivity index (χ1) is 14.9. The van der Waals surface area contributed by atoms with Crippen molar-refractivity contribution in [2.45, 2.75) is 30.2 Å². The van der Waals surface area contributed by atoms with Gasteiger partial charge in [-0.05, 0) is 36.8 Å². The van der Waals surface area contributed by atoms with Gasteiger partial charge in [0.25, 0.3) is 5.56 Å². The maximum atomic E-state index is 13.1. The lowest BCUT2D eigenvalue weighted by Crippen LogP contribution is -2.36. The highest BCUT2D eigenvalue weighted by atomic mass is 32.2. The summed E-state index contributed by atoms with van der Waals surface area (Å²) in [6.45, 7) is 2.00. The SMILES string of the molecule is Cc1ccc(CSc2nc3c(c(=O)[nH]2)C(C(=O)Nc2ccc(F)cc2)CC(=O)N3)cc1. The molecular formula is C22H19FN4O3S. The van der Waals surface area contributed by atoms with Crippen LogP contribution in [0, 0.1) is 12.7 Å². The largest absolute Gasteiger partial charge is 0.326 e. The summed E-state index contributed by atoms with van der Waals surface area (Å²) in [4.78, 5) is 44.8. The Bertz CT molecular complexity index is 1190. The summed E-state index contributed by atoms with van der Waals surface area (Å²) >= 11 is 1.33. The molecule has 1 aliphatic rings. The molecule has 158 valence electrons. The Morgan fingerprint density at radius 1 is 1.16 bits per heavy atom. The molecule has 2 aromatic carbocycles. The molecule has 4 rings (SSSR count). The van der Waals surface area contributed by atoms with Crippen LogP contribution in [0.2, 0.25) is 0 Å². The smallest absolute Gasteiger partial charge is 0.257 e. The fourth-order valence-electron chi connectivity index (χ4n) is 3.24. The van der Waals surface area contributed by atoms with Gasteiger partial charge >= 0.3 is 0 Å². The molecule has 3 N–H and O–H groups in total. The van der Waals surface area contributed by atoms with Gasteiger partial charge in [0, 0.05) is 17.9 Å². The monoisotopic (exact) mass is 438 g/mol. The normalized spacial score (nSPS) is 15.2. The third kappa shape index (κ3) is 4.83. The average molecular weight is 438 g/mol. The number of anilines is 2. The molecule has 1 unspecified atom stereocenters. The van der Waals surface area contributed by atoms with E-state index < -0.39 is 29.1 Å². The van der Waals surface area contributed by atoms with Gasteiger partial charge in [-0.1, -0.05) is 41.6 Å². The van der Waals surface area contributed by atoms with Crippen LogP contribution in [0.3, 0.4) is 0 Å². The zero-order valence-corrected chi connectivity index (χ0v) is 17.4. The molecule has 0 fully saturated rings. The van der Waals surface area contributed by atoms with Gasteiger partial charge in [-0.15, -0.1) is 0 Å². The topological polar surface area (TPSA) is 104 Å². The molecule has 3 aromatic rings. The molecule has 2 heterocycles. The van der Waals surface area contributed by atoms with Crippen molar-refractivity contribution in [1.29, 1.82) is 0 Å². The van der Waals surface area contributed by atoms with Crippen molar-refractivity contribution in [1.82, 2.24) is 9.97 Å². The zero-order chi connectivity index (χ0) is 22.0. The molecule has 1 atom stereocenters. The Morgan fingerprint density at radius 2 is 1.87 bits per heavy atom. The zero-order valence-electron chi connectivity index (χ0n) is 16.6. The van der Waals surface area contributed by atoms with Gasteiger partial charge in [0.2, 0.25) is 11.8 Å². The van der Waals surface area contributed by atoms with Gasteiger partial charge in [-0.3, -0.25) is 14.4 Å². The number of amides is 2. The first kappa shape index (κ1) is 20.8. The van der Waals surface area contributed by atoms with Crippen molar-refractivity contribution in [2.24, 2.45) is 0 Å². The van der Waals surface area contributed by atoms with Crippen LogP contribution in [-0.2, 0) is 15.3 Å². The number of aromatic nitrogens is 2. The molecule has 0 radical (unpaired) electrons. The van der Waals surface area contributed by atoms with E-state index in [9.17, 15) is 18.8 Å². The van der Waals surface area contributed by atoms with Crippen LogP contribution in [0.25, 0.3) is 0 Å². The lowest BCUT2D eigenvalue weighted by atomic mass is 9.92. The van der Waals surface area contributed by atoms with Gasteiger partial charge in [0.1, 0.15) is 11.6 Å². The summed E-state index contributed by atoms with van der Waals surface area (Å²) in [6, 6.07) is 13.2. The number of carbonyl (C=O) groups excluding carboxylic acids is 2. The van der Waals surface area contributed by atoms with E-state index in [-0.39, 0.29) is 17.8 Å². The van der Waals surface area contributed by atoms with Crippen molar-refractivity contribution in [2.75, 3.05) is 10.6 Å². The average Bonchev–Trinajstić information content (AvgIpc) is 2.74. The van der Waals surface area contributed by atoms with Crippen molar-refractivity contribution in [3.05, 3.63) is 81.4 Å². The summed E-state index contributed by atoms with van der Waals surface area (Å²) < 4.78 is 13.1. The van der Waals surface area contributed by atoms with Crippen molar-refractivity contribution < 1.29 is 14.0 Å². The number of nitrogens with zero attached hydrogens (tertiary/aromatic N) is 1. The van der Waals surface area contributed by atoms with Crippen LogP contribution in [0.1, 0.15) is 29.0 Å². The van der Waals surface area contributed by atoms with E-state index in [1.165, 1.54) is 36.0 Å². The molecule has 31 heavy (non-hydrogen) atoms. The number of aryl methyl sites for hydroxylation is 1. The number of thioether (sulfide) groups is 1. The van der Waals surface area contributed by atoms with Gasteiger partial charge in [0.05, 0.1) is 11.5 Å². The van der Waals surface area contributed by atoms with E-state index >= 15 is 0 Å². The Kier molecular flexibility index (Phi) is 5.85. The number of fused-ring (bicyclic) bond motifs is 1. The number of carbonyl (C=O) groups is 2. The maximum Gasteiger partial charge on any atom is 0.257 e. The number of hydrogen-bond donors (Lipinski definition) is 3. The summed E-state index contributed by atoms with van der Waals surface area (Å²) in [5.74, 6) is -1.69. The van der Waals surface area contributed by atoms with Crippen LogP contribution in [0.5, 0.6) is 0 Å². The van der Waals surface area contributed by atoms with Gasteiger partial charge in [0.15, 0.2) is 5.16 Å².